The molecule has 98 valence electrons. The first-order chi connectivity index (χ1) is 9.28. The molecule has 1 amide bonds. The molecule has 2 heterocycles. The predicted octanol–water partition coefficient (Wildman–Crippen LogP) is 1.58. The molecule has 0 bridgehead atoms. The number of amides is 1. The minimum absolute atomic E-state index is 0.0791. The first kappa shape index (κ1) is 12.1. The monoisotopic (exact) mass is 256 g/mol. The van der Waals surface area contributed by atoms with Crippen LogP contribution in [-0.4, -0.2) is 34.0 Å². The van der Waals surface area contributed by atoms with Crippen molar-refractivity contribution in [2.24, 2.45) is 5.92 Å². The van der Waals surface area contributed by atoms with Gasteiger partial charge in [0.1, 0.15) is 0 Å². The standard InChI is InChI=1S/C15H16N2O2/c18-10-11-5-15(19)17(8-11)9-13-7-16-6-12-3-1-2-4-14(12)13/h1-4,6-7,11,18H,5,8-10H2. The van der Waals surface area contributed by atoms with Crippen molar-refractivity contribution in [3.05, 3.63) is 42.2 Å². The molecule has 1 unspecified atom stereocenters. The summed E-state index contributed by atoms with van der Waals surface area (Å²) >= 11 is 0. The number of aliphatic hydroxyl groups is 1. The summed E-state index contributed by atoms with van der Waals surface area (Å²) in [5, 5.41) is 11.4. The molecule has 2 aromatic rings. The van der Waals surface area contributed by atoms with Crippen molar-refractivity contribution in [3.8, 4) is 0 Å². The minimum atomic E-state index is 0.0791. The van der Waals surface area contributed by atoms with Crippen LogP contribution in [0.1, 0.15) is 12.0 Å². The number of carbonyl (C=O) groups excluding carboxylic acids is 1. The average Bonchev–Trinajstić information content (AvgIpc) is 2.80. The zero-order valence-electron chi connectivity index (χ0n) is 10.6. The molecule has 0 spiro atoms. The van der Waals surface area contributed by atoms with E-state index in [0.717, 1.165) is 16.3 Å². The van der Waals surface area contributed by atoms with E-state index in [-0.39, 0.29) is 18.4 Å². The second kappa shape index (κ2) is 4.97. The largest absolute Gasteiger partial charge is 0.396 e. The van der Waals surface area contributed by atoms with Gasteiger partial charge in [-0.3, -0.25) is 9.78 Å². The number of rotatable bonds is 3. The van der Waals surface area contributed by atoms with E-state index in [1.165, 1.54) is 0 Å². The van der Waals surface area contributed by atoms with E-state index in [4.69, 9.17) is 5.11 Å². The van der Waals surface area contributed by atoms with Gasteiger partial charge in [-0.15, -0.1) is 0 Å². The molecule has 1 aliphatic heterocycles. The van der Waals surface area contributed by atoms with Crippen LogP contribution in [-0.2, 0) is 11.3 Å². The molecule has 1 fully saturated rings. The topological polar surface area (TPSA) is 53.4 Å². The van der Waals surface area contributed by atoms with Crippen LogP contribution in [0.3, 0.4) is 0 Å². The summed E-state index contributed by atoms with van der Waals surface area (Å²) in [5.74, 6) is 0.197. The lowest BCUT2D eigenvalue weighted by molar-refractivity contribution is -0.128. The van der Waals surface area contributed by atoms with E-state index in [1.54, 1.807) is 0 Å². The van der Waals surface area contributed by atoms with Gasteiger partial charge in [-0.25, -0.2) is 0 Å². The van der Waals surface area contributed by atoms with Gasteiger partial charge in [-0.2, -0.15) is 0 Å². The van der Waals surface area contributed by atoms with Crippen LogP contribution in [0.4, 0.5) is 0 Å². The molecule has 19 heavy (non-hydrogen) atoms. The van der Waals surface area contributed by atoms with E-state index in [9.17, 15) is 4.79 Å². The van der Waals surface area contributed by atoms with Gasteiger partial charge >= 0.3 is 0 Å². The highest BCUT2D eigenvalue weighted by molar-refractivity contribution is 5.85. The summed E-state index contributed by atoms with van der Waals surface area (Å²) in [6.07, 6.45) is 4.11. The summed E-state index contributed by atoms with van der Waals surface area (Å²) in [7, 11) is 0. The lowest BCUT2D eigenvalue weighted by Crippen LogP contribution is -2.25. The van der Waals surface area contributed by atoms with E-state index >= 15 is 0 Å². The van der Waals surface area contributed by atoms with Crippen LogP contribution in [0.5, 0.6) is 0 Å². The number of likely N-dealkylation sites (tertiary alicyclic amines) is 1. The molecule has 1 aromatic heterocycles. The highest BCUT2D eigenvalue weighted by Crippen LogP contribution is 2.23. The Labute approximate surface area is 111 Å². The summed E-state index contributed by atoms with van der Waals surface area (Å²) in [5.41, 5.74) is 1.06. The van der Waals surface area contributed by atoms with Gasteiger partial charge in [0.25, 0.3) is 0 Å². The van der Waals surface area contributed by atoms with Crippen molar-refractivity contribution in [1.82, 2.24) is 9.88 Å². The van der Waals surface area contributed by atoms with Crippen molar-refractivity contribution in [2.75, 3.05) is 13.2 Å². The SMILES string of the molecule is O=C1CC(CO)CN1Cc1cncc2ccccc12. The minimum Gasteiger partial charge on any atom is -0.396 e. The Hall–Kier alpha value is -1.94. The number of carbonyl (C=O) groups is 1. The van der Waals surface area contributed by atoms with E-state index in [1.807, 2.05) is 35.5 Å². The van der Waals surface area contributed by atoms with Gasteiger partial charge in [0, 0.05) is 49.8 Å². The maximum atomic E-state index is 11.9. The zero-order chi connectivity index (χ0) is 13.2. The Kier molecular flexibility index (Phi) is 3.17. The van der Waals surface area contributed by atoms with Gasteiger partial charge in [-0.05, 0) is 10.9 Å². The second-order valence-corrected chi connectivity index (χ2v) is 5.05. The Bertz CT molecular complexity index is 607. The number of hydrogen-bond donors (Lipinski definition) is 1. The van der Waals surface area contributed by atoms with Crippen molar-refractivity contribution in [2.45, 2.75) is 13.0 Å². The molecule has 0 radical (unpaired) electrons. The van der Waals surface area contributed by atoms with Crippen LogP contribution >= 0.6 is 0 Å². The van der Waals surface area contributed by atoms with Gasteiger partial charge < -0.3 is 10.0 Å². The van der Waals surface area contributed by atoms with Crippen molar-refractivity contribution >= 4 is 16.7 Å². The van der Waals surface area contributed by atoms with Crippen molar-refractivity contribution in [3.63, 3.8) is 0 Å². The third-order valence-electron chi connectivity index (χ3n) is 3.66. The molecular weight excluding hydrogens is 240 g/mol. The van der Waals surface area contributed by atoms with Crippen LogP contribution < -0.4 is 0 Å². The number of fused-ring (bicyclic) bond motifs is 1. The molecule has 1 N–H and O–H groups in total. The van der Waals surface area contributed by atoms with Gasteiger partial charge in [-0.1, -0.05) is 24.3 Å². The van der Waals surface area contributed by atoms with Gasteiger partial charge in [0.15, 0.2) is 0 Å². The maximum absolute atomic E-state index is 11.9. The molecule has 1 aromatic carbocycles. The Morgan fingerprint density at radius 2 is 2.16 bits per heavy atom. The Morgan fingerprint density at radius 1 is 1.32 bits per heavy atom. The Morgan fingerprint density at radius 3 is 2.95 bits per heavy atom. The van der Waals surface area contributed by atoms with Crippen LogP contribution in [0.25, 0.3) is 10.8 Å². The van der Waals surface area contributed by atoms with Crippen molar-refractivity contribution in [1.29, 1.82) is 0 Å². The summed E-state index contributed by atoms with van der Waals surface area (Å²) in [6, 6.07) is 8.05. The first-order valence-corrected chi connectivity index (χ1v) is 6.48. The third kappa shape index (κ3) is 2.31. The molecular formula is C15H16N2O2. The lowest BCUT2D eigenvalue weighted by atomic mass is 10.1. The highest BCUT2D eigenvalue weighted by atomic mass is 16.3. The Balaban J connectivity index is 1.88. The number of pyridine rings is 1. The summed E-state index contributed by atoms with van der Waals surface area (Å²) in [6.45, 7) is 1.29. The molecule has 1 atom stereocenters. The molecule has 1 aliphatic rings. The molecule has 4 heteroatoms. The van der Waals surface area contributed by atoms with Crippen LogP contribution in [0.2, 0.25) is 0 Å². The molecule has 0 saturated carbocycles. The first-order valence-electron chi connectivity index (χ1n) is 6.48. The molecule has 3 rings (SSSR count). The maximum Gasteiger partial charge on any atom is 0.223 e. The number of aromatic nitrogens is 1. The van der Waals surface area contributed by atoms with Crippen molar-refractivity contribution < 1.29 is 9.90 Å². The predicted molar refractivity (Wildman–Crippen MR) is 72.4 cm³/mol. The van der Waals surface area contributed by atoms with E-state index in [2.05, 4.69) is 11.1 Å². The van der Waals surface area contributed by atoms with Crippen LogP contribution in [0, 0.1) is 5.92 Å². The second-order valence-electron chi connectivity index (χ2n) is 5.05. The number of aliphatic hydroxyl groups excluding tert-OH is 1. The summed E-state index contributed by atoms with van der Waals surface area (Å²) in [4.78, 5) is 17.9. The number of nitrogens with zero attached hydrogens (tertiary/aromatic N) is 2. The smallest absolute Gasteiger partial charge is 0.223 e. The number of hydrogen-bond acceptors (Lipinski definition) is 3. The third-order valence-corrected chi connectivity index (χ3v) is 3.66. The fraction of sp³-hybridized carbons (Fsp3) is 0.333. The van der Waals surface area contributed by atoms with E-state index in [0.29, 0.717) is 19.5 Å². The zero-order valence-corrected chi connectivity index (χ0v) is 10.6. The quantitative estimate of drug-likeness (QED) is 0.907. The van der Waals surface area contributed by atoms with Gasteiger partial charge in [0.2, 0.25) is 5.91 Å². The van der Waals surface area contributed by atoms with E-state index < -0.39 is 0 Å². The normalized spacial score (nSPS) is 19.3. The lowest BCUT2D eigenvalue weighted by Gasteiger charge is -2.17. The molecule has 0 aliphatic carbocycles. The fourth-order valence-electron chi connectivity index (χ4n) is 2.64. The number of benzene rings is 1. The average molecular weight is 256 g/mol. The highest BCUT2D eigenvalue weighted by Gasteiger charge is 2.29. The molecule has 4 nitrogen and oxygen atoms in total. The van der Waals surface area contributed by atoms with Crippen LogP contribution in [0.15, 0.2) is 36.7 Å². The molecule has 1 saturated heterocycles. The van der Waals surface area contributed by atoms with Gasteiger partial charge in [0.05, 0.1) is 0 Å². The summed E-state index contributed by atoms with van der Waals surface area (Å²) < 4.78 is 0. The fourth-order valence-corrected chi connectivity index (χ4v) is 2.64.